The second-order valence-electron chi connectivity index (χ2n) is 6.88. The van der Waals surface area contributed by atoms with Gasteiger partial charge in [0.2, 0.25) is 5.91 Å². The Morgan fingerprint density at radius 3 is 2.42 bits per heavy atom. The first kappa shape index (κ1) is 19.2. The zero-order chi connectivity index (χ0) is 18.1. The second-order valence-corrected chi connectivity index (χ2v) is 7.80. The molecule has 1 amide bonds. The lowest BCUT2D eigenvalue weighted by atomic mass is 9.77. The first-order valence-corrected chi connectivity index (χ1v) is 8.57. The van der Waals surface area contributed by atoms with Gasteiger partial charge in [-0.15, -0.1) is 0 Å². The van der Waals surface area contributed by atoms with Crippen LogP contribution < -0.4 is 5.32 Å². The average molecular weight is 398 g/mol. The first-order valence-electron chi connectivity index (χ1n) is 7.77. The van der Waals surface area contributed by atoms with Gasteiger partial charge < -0.3 is 14.6 Å². The summed E-state index contributed by atoms with van der Waals surface area (Å²) < 4.78 is 26.9. The number of nitrogens with one attached hydrogen (secondary N) is 1. The van der Waals surface area contributed by atoms with E-state index in [0.717, 1.165) is 4.47 Å². The number of carbonyl (C=O) groups excluding carboxylic acids is 1. The van der Waals surface area contributed by atoms with E-state index in [9.17, 15) is 9.18 Å². The van der Waals surface area contributed by atoms with Gasteiger partial charge in [0.05, 0.1) is 11.2 Å². The summed E-state index contributed by atoms with van der Waals surface area (Å²) in [6, 6.07) is 4.69. The molecule has 1 N–H and O–H groups in total. The molecule has 7 heteroatoms. The summed E-state index contributed by atoms with van der Waals surface area (Å²) in [5.41, 5.74) is 0.0336. The van der Waals surface area contributed by atoms with E-state index in [-0.39, 0.29) is 18.3 Å². The van der Waals surface area contributed by atoms with Crippen LogP contribution in [0.1, 0.15) is 40.2 Å². The summed E-state index contributed by atoms with van der Waals surface area (Å²) in [7, 11) is -0.653. The Balaban J connectivity index is 2.37. The summed E-state index contributed by atoms with van der Waals surface area (Å²) in [5, 5.41) is 2.73. The Morgan fingerprint density at radius 2 is 1.88 bits per heavy atom. The molecule has 0 aliphatic carbocycles. The minimum Gasteiger partial charge on any atom is -0.400 e. The van der Waals surface area contributed by atoms with Crippen LogP contribution >= 0.6 is 15.9 Å². The fourth-order valence-corrected chi connectivity index (χ4v) is 2.63. The normalized spacial score (nSPS) is 19.5. The van der Waals surface area contributed by atoms with E-state index in [4.69, 9.17) is 9.31 Å². The number of hydrogen-bond donors (Lipinski definition) is 1. The summed E-state index contributed by atoms with van der Waals surface area (Å²) in [6.07, 6.45) is 1.66. The number of amides is 1. The molecule has 130 valence electrons. The van der Waals surface area contributed by atoms with E-state index in [1.165, 1.54) is 13.0 Å². The van der Waals surface area contributed by atoms with Gasteiger partial charge >= 0.3 is 7.12 Å². The Labute approximate surface area is 151 Å². The van der Waals surface area contributed by atoms with Crippen molar-refractivity contribution in [3.8, 4) is 0 Å². The number of rotatable bonds is 4. The molecule has 0 radical (unpaired) electrons. The van der Waals surface area contributed by atoms with Crippen molar-refractivity contribution in [1.29, 1.82) is 0 Å². The van der Waals surface area contributed by atoms with Gasteiger partial charge in [0.15, 0.2) is 0 Å². The number of halogens is 2. The van der Waals surface area contributed by atoms with Crippen LogP contribution in [0.5, 0.6) is 0 Å². The van der Waals surface area contributed by atoms with E-state index >= 15 is 0 Å². The predicted octanol–water partition coefficient (Wildman–Crippen LogP) is 3.74. The SMILES string of the molecule is CC(=O)NCC(=Cc1cc(Br)ccc1F)B1OC(C)(C)C(C)(C)O1. The Bertz CT molecular complexity index is 660. The largest absolute Gasteiger partial charge is 0.492 e. The highest BCUT2D eigenvalue weighted by molar-refractivity contribution is 9.10. The molecule has 24 heavy (non-hydrogen) atoms. The zero-order valence-corrected chi connectivity index (χ0v) is 16.2. The number of hydrogen-bond acceptors (Lipinski definition) is 3. The summed E-state index contributed by atoms with van der Waals surface area (Å²) in [6.45, 7) is 9.44. The standard InChI is InChI=1S/C17H22BBrFNO3/c1-11(22)21-10-13(8-12-9-14(19)6-7-15(12)20)18-23-16(2,3)17(4,5)24-18/h6-9H,10H2,1-5H3,(H,21,22). The van der Waals surface area contributed by atoms with Crippen LogP contribution in [0.15, 0.2) is 28.1 Å². The van der Waals surface area contributed by atoms with Crippen LogP contribution in [0, 0.1) is 5.82 Å². The molecule has 0 aromatic heterocycles. The zero-order valence-electron chi connectivity index (χ0n) is 14.6. The van der Waals surface area contributed by atoms with Crippen molar-refractivity contribution in [2.24, 2.45) is 0 Å². The summed E-state index contributed by atoms with van der Waals surface area (Å²) >= 11 is 3.34. The highest BCUT2D eigenvalue weighted by atomic mass is 79.9. The molecular weight excluding hydrogens is 376 g/mol. The molecule has 1 aliphatic heterocycles. The summed E-state index contributed by atoms with van der Waals surface area (Å²) in [5.74, 6) is -0.526. The van der Waals surface area contributed by atoms with Crippen LogP contribution in [0.25, 0.3) is 6.08 Å². The van der Waals surface area contributed by atoms with E-state index in [0.29, 0.717) is 11.0 Å². The second kappa shape index (κ2) is 6.98. The van der Waals surface area contributed by atoms with Crippen LogP contribution in [0.4, 0.5) is 4.39 Å². The van der Waals surface area contributed by atoms with Crippen LogP contribution in [0.3, 0.4) is 0 Å². The molecule has 1 aromatic rings. The minimum atomic E-state index is -0.653. The molecule has 1 aromatic carbocycles. The third kappa shape index (κ3) is 4.26. The minimum absolute atomic E-state index is 0.174. The molecule has 0 saturated carbocycles. The van der Waals surface area contributed by atoms with Gasteiger partial charge in [0.1, 0.15) is 5.82 Å². The van der Waals surface area contributed by atoms with Crippen molar-refractivity contribution in [2.45, 2.75) is 45.8 Å². The van der Waals surface area contributed by atoms with Crippen molar-refractivity contribution in [3.63, 3.8) is 0 Å². The molecule has 2 rings (SSSR count). The van der Waals surface area contributed by atoms with Crippen molar-refractivity contribution in [2.75, 3.05) is 6.54 Å². The van der Waals surface area contributed by atoms with Crippen molar-refractivity contribution in [1.82, 2.24) is 5.32 Å². The molecule has 1 aliphatic rings. The maximum Gasteiger partial charge on any atom is 0.492 e. The van der Waals surface area contributed by atoms with Crippen LogP contribution in [-0.4, -0.2) is 30.8 Å². The predicted molar refractivity (Wildman–Crippen MR) is 96.8 cm³/mol. The molecule has 1 heterocycles. The topological polar surface area (TPSA) is 47.6 Å². The van der Waals surface area contributed by atoms with Gasteiger partial charge in [0.25, 0.3) is 0 Å². The molecule has 0 spiro atoms. The Morgan fingerprint density at radius 1 is 1.29 bits per heavy atom. The Kier molecular flexibility index (Phi) is 5.57. The van der Waals surface area contributed by atoms with Gasteiger partial charge in [-0.3, -0.25) is 4.79 Å². The Hall–Kier alpha value is -1.18. The van der Waals surface area contributed by atoms with Gasteiger partial charge in [-0.05, 0) is 51.4 Å². The highest BCUT2D eigenvalue weighted by Gasteiger charge is 2.52. The number of carbonyl (C=O) groups is 1. The third-order valence-electron chi connectivity index (χ3n) is 4.40. The van der Waals surface area contributed by atoms with Crippen molar-refractivity contribution < 1.29 is 18.5 Å². The van der Waals surface area contributed by atoms with Crippen molar-refractivity contribution in [3.05, 3.63) is 39.5 Å². The van der Waals surface area contributed by atoms with Gasteiger partial charge in [0, 0.05) is 23.5 Å². The highest BCUT2D eigenvalue weighted by Crippen LogP contribution is 2.38. The molecule has 0 unspecified atom stereocenters. The van der Waals surface area contributed by atoms with E-state index in [1.54, 1.807) is 18.2 Å². The first-order chi connectivity index (χ1) is 11.0. The number of benzene rings is 1. The molecular formula is C17H22BBrFNO3. The van der Waals surface area contributed by atoms with Crippen molar-refractivity contribution >= 4 is 35.0 Å². The fraction of sp³-hybridized carbons (Fsp3) is 0.471. The lowest BCUT2D eigenvalue weighted by Gasteiger charge is -2.32. The average Bonchev–Trinajstić information content (AvgIpc) is 2.66. The van der Waals surface area contributed by atoms with Gasteiger partial charge in [-0.1, -0.05) is 22.0 Å². The fourth-order valence-electron chi connectivity index (χ4n) is 2.25. The maximum absolute atomic E-state index is 14.1. The lowest BCUT2D eigenvalue weighted by molar-refractivity contribution is -0.118. The third-order valence-corrected chi connectivity index (χ3v) is 4.89. The van der Waals surface area contributed by atoms with Gasteiger partial charge in [-0.25, -0.2) is 4.39 Å². The quantitative estimate of drug-likeness (QED) is 0.787. The van der Waals surface area contributed by atoms with Gasteiger partial charge in [-0.2, -0.15) is 0 Å². The molecule has 1 saturated heterocycles. The maximum atomic E-state index is 14.1. The van der Waals surface area contributed by atoms with Crippen LogP contribution in [-0.2, 0) is 14.1 Å². The molecule has 1 fully saturated rings. The van der Waals surface area contributed by atoms with E-state index in [1.807, 2.05) is 27.7 Å². The smallest absolute Gasteiger partial charge is 0.400 e. The molecule has 4 nitrogen and oxygen atoms in total. The summed E-state index contributed by atoms with van der Waals surface area (Å²) in [4.78, 5) is 11.3. The molecule has 0 bridgehead atoms. The van der Waals surface area contributed by atoms with E-state index in [2.05, 4.69) is 21.2 Å². The van der Waals surface area contributed by atoms with E-state index < -0.39 is 18.3 Å². The molecule has 0 atom stereocenters. The monoisotopic (exact) mass is 397 g/mol. The lowest BCUT2D eigenvalue weighted by Crippen LogP contribution is -2.41. The van der Waals surface area contributed by atoms with Crippen LogP contribution in [0.2, 0.25) is 0 Å².